The number of carbonyl (C=O) groups is 1. The van der Waals surface area contributed by atoms with Crippen LogP contribution in [0.25, 0.3) is 22.4 Å². The molecule has 0 atom stereocenters. The summed E-state index contributed by atoms with van der Waals surface area (Å²) in [6.45, 7) is 5.37. The Kier molecular flexibility index (Phi) is 7.65. The van der Waals surface area contributed by atoms with Crippen LogP contribution in [0.1, 0.15) is 20.8 Å². The summed E-state index contributed by atoms with van der Waals surface area (Å²) in [7, 11) is -3.59. The third kappa shape index (κ3) is 7.39. The Morgan fingerprint density at radius 1 is 0.970 bits per heavy atom. The van der Waals surface area contributed by atoms with Gasteiger partial charge in [0.2, 0.25) is 10.0 Å². The number of nitrogens with zero attached hydrogens (tertiary/aromatic N) is 1. The SMILES string of the molecule is CC(C)(C)NS(=O)(=O)c1ccc(-c2cn[nH]c2-c2ccc(F)cc2)cc1.O=C(O)C(F)(F)F. The number of nitrogens with one attached hydrogen (secondary N) is 2. The molecule has 0 aliphatic heterocycles. The minimum atomic E-state index is -5.08. The molecule has 1 heterocycles. The fourth-order valence-corrected chi connectivity index (χ4v) is 4.04. The van der Waals surface area contributed by atoms with Crippen molar-refractivity contribution in [1.82, 2.24) is 14.9 Å². The summed E-state index contributed by atoms with van der Waals surface area (Å²) in [5.74, 6) is -3.07. The molecule has 12 heteroatoms. The van der Waals surface area contributed by atoms with Crippen molar-refractivity contribution < 1.29 is 35.9 Å². The topological polar surface area (TPSA) is 112 Å². The maximum Gasteiger partial charge on any atom is 0.490 e. The molecule has 3 rings (SSSR count). The second kappa shape index (κ2) is 9.71. The van der Waals surface area contributed by atoms with Crippen molar-refractivity contribution in [3.05, 3.63) is 60.5 Å². The highest BCUT2D eigenvalue weighted by Gasteiger charge is 2.38. The van der Waals surface area contributed by atoms with Crippen LogP contribution in [0.2, 0.25) is 0 Å². The number of aliphatic carboxylic acids is 1. The molecule has 33 heavy (non-hydrogen) atoms. The molecule has 178 valence electrons. The van der Waals surface area contributed by atoms with E-state index in [1.165, 1.54) is 12.1 Å². The number of aromatic nitrogens is 2. The van der Waals surface area contributed by atoms with E-state index in [1.54, 1.807) is 63.4 Å². The van der Waals surface area contributed by atoms with Crippen LogP contribution >= 0.6 is 0 Å². The zero-order chi connectivity index (χ0) is 25.0. The van der Waals surface area contributed by atoms with Gasteiger partial charge in [-0.25, -0.2) is 22.3 Å². The average Bonchev–Trinajstić information content (AvgIpc) is 3.16. The molecule has 0 spiro atoms. The average molecular weight is 487 g/mol. The van der Waals surface area contributed by atoms with E-state index in [4.69, 9.17) is 9.90 Å². The van der Waals surface area contributed by atoms with Crippen LogP contribution in [0, 0.1) is 5.82 Å². The van der Waals surface area contributed by atoms with Crippen LogP contribution in [-0.4, -0.2) is 41.4 Å². The molecular weight excluding hydrogens is 466 g/mol. The van der Waals surface area contributed by atoms with Crippen molar-refractivity contribution in [3.63, 3.8) is 0 Å². The van der Waals surface area contributed by atoms with E-state index < -0.39 is 27.7 Å². The van der Waals surface area contributed by atoms with Crippen LogP contribution < -0.4 is 4.72 Å². The van der Waals surface area contributed by atoms with Crippen molar-refractivity contribution in [1.29, 1.82) is 0 Å². The number of benzene rings is 2. The molecule has 3 aromatic rings. The van der Waals surface area contributed by atoms with Crippen molar-refractivity contribution in [2.45, 2.75) is 37.4 Å². The zero-order valence-electron chi connectivity index (χ0n) is 17.7. The highest BCUT2D eigenvalue weighted by atomic mass is 32.2. The lowest BCUT2D eigenvalue weighted by molar-refractivity contribution is -0.192. The van der Waals surface area contributed by atoms with Crippen molar-refractivity contribution >= 4 is 16.0 Å². The summed E-state index contributed by atoms with van der Waals surface area (Å²) in [5.41, 5.74) is 2.60. The molecule has 0 bridgehead atoms. The molecular formula is C21H21F4N3O4S. The molecule has 1 aromatic heterocycles. The molecule has 7 nitrogen and oxygen atoms in total. The van der Waals surface area contributed by atoms with Gasteiger partial charge in [-0.1, -0.05) is 12.1 Å². The molecule has 0 saturated heterocycles. The molecule has 0 aliphatic rings. The second-order valence-corrected chi connectivity index (χ2v) is 9.53. The van der Waals surface area contributed by atoms with Gasteiger partial charge in [0.1, 0.15) is 5.82 Å². The first-order valence-electron chi connectivity index (χ1n) is 9.34. The Morgan fingerprint density at radius 3 is 1.91 bits per heavy atom. The Balaban J connectivity index is 0.000000479. The van der Waals surface area contributed by atoms with E-state index in [0.29, 0.717) is 0 Å². The van der Waals surface area contributed by atoms with Gasteiger partial charge in [0.15, 0.2) is 0 Å². The third-order valence-electron chi connectivity index (χ3n) is 3.93. The summed E-state index contributed by atoms with van der Waals surface area (Å²) >= 11 is 0. The molecule has 0 amide bonds. The smallest absolute Gasteiger partial charge is 0.475 e. The number of hydrogen-bond acceptors (Lipinski definition) is 4. The van der Waals surface area contributed by atoms with E-state index in [1.807, 2.05) is 0 Å². The minimum Gasteiger partial charge on any atom is -0.475 e. The summed E-state index contributed by atoms with van der Waals surface area (Å²) in [6.07, 6.45) is -3.42. The number of hydrogen-bond donors (Lipinski definition) is 3. The number of H-pyrrole nitrogens is 1. The number of halogens is 4. The van der Waals surface area contributed by atoms with Gasteiger partial charge in [0, 0.05) is 16.7 Å². The van der Waals surface area contributed by atoms with Gasteiger partial charge < -0.3 is 5.11 Å². The number of rotatable bonds is 4. The molecule has 0 aliphatic carbocycles. The summed E-state index contributed by atoms with van der Waals surface area (Å²) < 4.78 is 72.3. The third-order valence-corrected chi connectivity index (χ3v) is 5.70. The van der Waals surface area contributed by atoms with Gasteiger partial charge in [0.25, 0.3) is 0 Å². The first-order valence-corrected chi connectivity index (χ1v) is 10.8. The van der Waals surface area contributed by atoms with Crippen molar-refractivity contribution in [2.75, 3.05) is 0 Å². The van der Waals surface area contributed by atoms with Crippen LogP contribution in [-0.2, 0) is 14.8 Å². The standard InChI is InChI=1S/C19H20FN3O2S.C2HF3O2/c1-19(2,3)23-26(24,25)16-10-6-13(7-11-16)17-12-21-22-18(17)14-4-8-15(20)9-5-14;3-2(4,5)1(6)7/h4-12,23H,1-3H3,(H,21,22);(H,6,7). The Labute approximate surface area is 187 Å². The second-order valence-electron chi connectivity index (χ2n) is 7.85. The largest absolute Gasteiger partial charge is 0.490 e. The Bertz CT molecular complexity index is 1200. The molecule has 0 unspecified atom stereocenters. The Morgan fingerprint density at radius 2 is 1.45 bits per heavy atom. The van der Waals surface area contributed by atoms with Crippen molar-refractivity contribution in [2.24, 2.45) is 0 Å². The van der Waals surface area contributed by atoms with Gasteiger partial charge in [0.05, 0.1) is 16.8 Å². The summed E-state index contributed by atoms with van der Waals surface area (Å²) in [6, 6.07) is 12.7. The van der Waals surface area contributed by atoms with Gasteiger partial charge in [-0.05, 0) is 62.7 Å². The molecule has 3 N–H and O–H groups in total. The lowest BCUT2D eigenvalue weighted by Gasteiger charge is -2.20. The first-order chi connectivity index (χ1) is 15.1. The molecule has 0 fully saturated rings. The molecule has 0 saturated carbocycles. The fraction of sp³-hybridized carbons (Fsp3) is 0.238. The number of carboxylic acids is 1. The van der Waals surface area contributed by atoms with Gasteiger partial charge in [-0.15, -0.1) is 0 Å². The van der Waals surface area contributed by atoms with Gasteiger partial charge in [-0.2, -0.15) is 18.3 Å². The lowest BCUT2D eigenvalue weighted by atomic mass is 10.0. The van der Waals surface area contributed by atoms with Crippen LogP contribution in [0.15, 0.2) is 59.6 Å². The summed E-state index contributed by atoms with van der Waals surface area (Å²) in [5, 5.41) is 14.1. The molecule has 2 aromatic carbocycles. The van der Waals surface area contributed by atoms with Gasteiger partial charge >= 0.3 is 12.1 Å². The number of sulfonamides is 1. The first kappa shape index (κ1) is 26.0. The van der Waals surface area contributed by atoms with E-state index in [0.717, 1.165) is 22.4 Å². The quantitative estimate of drug-likeness (QED) is 0.466. The van der Waals surface area contributed by atoms with Crippen LogP contribution in [0.3, 0.4) is 0 Å². The number of aromatic amines is 1. The highest BCUT2D eigenvalue weighted by Crippen LogP contribution is 2.30. The van der Waals surface area contributed by atoms with Gasteiger partial charge in [-0.3, -0.25) is 5.10 Å². The summed E-state index contributed by atoms with van der Waals surface area (Å²) in [4.78, 5) is 9.09. The lowest BCUT2D eigenvalue weighted by Crippen LogP contribution is -2.40. The van der Waals surface area contributed by atoms with E-state index in [9.17, 15) is 26.0 Å². The zero-order valence-corrected chi connectivity index (χ0v) is 18.6. The predicted octanol–water partition coefficient (Wildman–Crippen LogP) is 4.59. The predicted molar refractivity (Wildman–Crippen MR) is 113 cm³/mol. The van der Waals surface area contributed by atoms with E-state index in [-0.39, 0.29) is 10.7 Å². The van der Waals surface area contributed by atoms with Crippen LogP contribution in [0.4, 0.5) is 17.6 Å². The Hall–Kier alpha value is -3.25. The van der Waals surface area contributed by atoms with E-state index >= 15 is 0 Å². The molecule has 0 radical (unpaired) electrons. The maximum atomic E-state index is 13.1. The van der Waals surface area contributed by atoms with Crippen molar-refractivity contribution in [3.8, 4) is 22.4 Å². The maximum absolute atomic E-state index is 13.1. The minimum absolute atomic E-state index is 0.197. The fourth-order valence-electron chi connectivity index (χ4n) is 2.62. The monoisotopic (exact) mass is 487 g/mol. The number of carboxylic acid groups (broad SMARTS) is 1. The normalized spacial score (nSPS) is 12.1. The van der Waals surface area contributed by atoms with E-state index in [2.05, 4.69) is 14.9 Å². The highest BCUT2D eigenvalue weighted by molar-refractivity contribution is 7.89. The number of alkyl halides is 3. The van der Waals surface area contributed by atoms with Crippen LogP contribution in [0.5, 0.6) is 0 Å².